The van der Waals surface area contributed by atoms with Crippen LogP contribution in [-0.2, 0) is 6.54 Å². The third kappa shape index (κ3) is 2.46. The van der Waals surface area contributed by atoms with Crippen molar-refractivity contribution in [1.29, 1.82) is 5.26 Å². The average Bonchev–Trinajstić information content (AvgIpc) is 2.65. The van der Waals surface area contributed by atoms with Crippen molar-refractivity contribution in [3.8, 4) is 6.07 Å². The van der Waals surface area contributed by atoms with Gasteiger partial charge in [-0.1, -0.05) is 19.9 Å². The van der Waals surface area contributed by atoms with Gasteiger partial charge in [0, 0.05) is 6.54 Å². The van der Waals surface area contributed by atoms with Gasteiger partial charge in [-0.05, 0) is 43.1 Å². The summed E-state index contributed by atoms with van der Waals surface area (Å²) in [5.74, 6) is 0.707. The second-order valence-corrected chi connectivity index (χ2v) is 5.32. The van der Waals surface area contributed by atoms with Crippen molar-refractivity contribution in [3.63, 3.8) is 0 Å². The van der Waals surface area contributed by atoms with Gasteiger partial charge in [-0.25, -0.2) is 0 Å². The summed E-state index contributed by atoms with van der Waals surface area (Å²) in [6.45, 7) is 5.36. The molecule has 0 fully saturated rings. The summed E-state index contributed by atoms with van der Waals surface area (Å²) in [6, 6.07) is 7.92. The Bertz CT molecular complexity index is 643. The van der Waals surface area contributed by atoms with Gasteiger partial charge in [-0.2, -0.15) is 5.26 Å². The van der Waals surface area contributed by atoms with Crippen LogP contribution >= 0.6 is 12.2 Å². The van der Waals surface area contributed by atoms with Crippen LogP contribution in [0.3, 0.4) is 0 Å². The van der Waals surface area contributed by atoms with Crippen molar-refractivity contribution in [2.45, 2.75) is 33.2 Å². The van der Waals surface area contributed by atoms with E-state index in [9.17, 15) is 0 Å². The Morgan fingerprint density at radius 2 is 2.22 bits per heavy atom. The molecule has 0 radical (unpaired) electrons. The highest BCUT2D eigenvalue weighted by atomic mass is 32.1. The highest BCUT2D eigenvalue weighted by molar-refractivity contribution is 7.71. The first-order valence-corrected chi connectivity index (χ1v) is 6.66. The zero-order chi connectivity index (χ0) is 13.1. The van der Waals surface area contributed by atoms with Crippen LogP contribution in [0.5, 0.6) is 0 Å². The van der Waals surface area contributed by atoms with Crippen molar-refractivity contribution >= 4 is 23.3 Å². The molecule has 0 unspecified atom stereocenters. The van der Waals surface area contributed by atoms with Crippen LogP contribution in [0.25, 0.3) is 11.0 Å². The van der Waals surface area contributed by atoms with Crippen molar-refractivity contribution in [3.05, 3.63) is 28.5 Å². The molecule has 4 heteroatoms. The number of aryl methyl sites for hydroxylation is 1. The van der Waals surface area contributed by atoms with E-state index in [2.05, 4.69) is 29.5 Å². The molecular weight excluding hydrogens is 242 g/mol. The quantitative estimate of drug-likeness (QED) is 0.843. The van der Waals surface area contributed by atoms with Gasteiger partial charge >= 0.3 is 0 Å². The molecule has 1 N–H and O–H groups in total. The highest BCUT2D eigenvalue weighted by Gasteiger charge is 2.07. The number of para-hydroxylation sites is 1. The zero-order valence-electron chi connectivity index (χ0n) is 10.7. The number of hydrogen-bond donors (Lipinski definition) is 1. The molecule has 0 spiro atoms. The molecular formula is C14H17N3S. The normalized spacial score (nSPS) is 11.0. The summed E-state index contributed by atoms with van der Waals surface area (Å²) < 4.78 is 2.80. The molecule has 2 rings (SSSR count). The molecule has 2 aromatic rings. The summed E-state index contributed by atoms with van der Waals surface area (Å²) in [5, 5.41) is 9.07. The van der Waals surface area contributed by atoms with Crippen LogP contribution in [0.15, 0.2) is 18.2 Å². The average molecular weight is 259 g/mol. The molecule has 0 saturated heterocycles. The Kier molecular flexibility index (Phi) is 3.83. The van der Waals surface area contributed by atoms with E-state index in [0.29, 0.717) is 16.3 Å². The van der Waals surface area contributed by atoms with E-state index in [1.54, 1.807) is 0 Å². The second kappa shape index (κ2) is 5.36. The topological polar surface area (TPSA) is 44.5 Å². The van der Waals surface area contributed by atoms with Gasteiger partial charge < -0.3 is 9.55 Å². The van der Waals surface area contributed by atoms with Crippen LogP contribution < -0.4 is 0 Å². The summed E-state index contributed by atoms with van der Waals surface area (Å²) in [7, 11) is 0. The van der Waals surface area contributed by atoms with Crippen molar-refractivity contribution in [2.75, 3.05) is 0 Å². The zero-order valence-corrected chi connectivity index (χ0v) is 11.5. The molecule has 1 aromatic heterocycles. The van der Waals surface area contributed by atoms with Crippen LogP contribution in [-0.4, -0.2) is 9.55 Å². The van der Waals surface area contributed by atoms with E-state index in [0.717, 1.165) is 24.0 Å². The van der Waals surface area contributed by atoms with Gasteiger partial charge in [0.25, 0.3) is 0 Å². The van der Waals surface area contributed by atoms with Crippen LogP contribution in [0.2, 0.25) is 0 Å². The predicted molar refractivity (Wildman–Crippen MR) is 75.9 cm³/mol. The number of nitrogens with zero attached hydrogens (tertiary/aromatic N) is 2. The number of H-pyrrole nitrogens is 1. The largest absolute Gasteiger partial charge is 0.329 e. The Balaban J connectivity index is 2.37. The highest BCUT2D eigenvalue weighted by Crippen LogP contribution is 2.19. The first-order chi connectivity index (χ1) is 8.63. The molecule has 3 nitrogen and oxygen atoms in total. The third-order valence-corrected chi connectivity index (χ3v) is 3.42. The number of nitriles is 1. The number of rotatable bonds is 4. The van der Waals surface area contributed by atoms with E-state index in [1.165, 1.54) is 6.42 Å². The summed E-state index contributed by atoms with van der Waals surface area (Å²) in [5.41, 5.74) is 2.54. The third-order valence-electron chi connectivity index (χ3n) is 3.09. The van der Waals surface area contributed by atoms with Crippen LogP contribution in [0, 0.1) is 22.0 Å². The molecule has 0 aliphatic carbocycles. The standard InChI is InChI=1S/C14H17N3S/c1-10(2)5-4-8-17-12-7-3-6-11(9-15)13(12)16-14(17)18/h3,6-7,10H,4-5,8H2,1-2H3,(H,16,18). The van der Waals surface area contributed by atoms with E-state index >= 15 is 0 Å². The molecule has 18 heavy (non-hydrogen) atoms. The van der Waals surface area contributed by atoms with E-state index in [4.69, 9.17) is 17.5 Å². The maximum absolute atomic E-state index is 9.07. The fourth-order valence-corrected chi connectivity index (χ4v) is 2.44. The Morgan fingerprint density at radius 3 is 2.89 bits per heavy atom. The summed E-state index contributed by atoms with van der Waals surface area (Å²) in [6.07, 6.45) is 2.29. The fraction of sp³-hybridized carbons (Fsp3) is 0.429. The Hall–Kier alpha value is -1.60. The van der Waals surface area contributed by atoms with Crippen molar-refractivity contribution < 1.29 is 0 Å². The number of imidazole rings is 1. The second-order valence-electron chi connectivity index (χ2n) is 4.93. The lowest BCUT2D eigenvalue weighted by Crippen LogP contribution is -1.99. The van der Waals surface area contributed by atoms with Crippen molar-refractivity contribution in [2.24, 2.45) is 5.92 Å². The number of fused-ring (bicyclic) bond motifs is 1. The van der Waals surface area contributed by atoms with E-state index in [1.807, 2.05) is 18.2 Å². The smallest absolute Gasteiger partial charge is 0.178 e. The number of aromatic amines is 1. The minimum atomic E-state index is 0.654. The minimum Gasteiger partial charge on any atom is -0.329 e. The van der Waals surface area contributed by atoms with Gasteiger partial charge in [-0.3, -0.25) is 0 Å². The molecule has 0 amide bonds. The number of aromatic nitrogens is 2. The molecule has 0 bridgehead atoms. The van der Waals surface area contributed by atoms with Crippen LogP contribution in [0.1, 0.15) is 32.3 Å². The minimum absolute atomic E-state index is 0.654. The fourth-order valence-electron chi connectivity index (χ4n) is 2.15. The summed E-state index contributed by atoms with van der Waals surface area (Å²) >= 11 is 5.34. The lowest BCUT2D eigenvalue weighted by Gasteiger charge is -2.06. The molecule has 1 aromatic carbocycles. The van der Waals surface area contributed by atoms with Gasteiger partial charge in [0.2, 0.25) is 0 Å². The lowest BCUT2D eigenvalue weighted by atomic mass is 10.1. The molecule has 94 valence electrons. The Labute approximate surface area is 112 Å². The maximum Gasteiger partial charge on any atom is 0.178 e. The SMILES string of the molecule is CC(C)CCCn1c(=S)[nH]c2c(C#N)cccc21. The molecule has 0 aliphatic heterocycles. The van der Waals surface area contributed by atoms with Gasteiger partial charge in [0.1, 0.15) is 6.07 Å². The van der Waals surface area contributed by atoms with Gasteiger partial charge in [0.05, 0.1) is 16.6 Å². The number of benzene rings is 1. The molecule has 0 saturated carbocycles. The Morgan fingerprint density at radius 1 is 1.44 bits per heavy atom. The first-order valence-electron chi connectivity index (χ1n) is 6.25. The lowest BCUT2D eigenvalue weighted by molar-refractivity contribution is 0.515. The first kappa shape index (κ1) is 12.8. The van der Waals surface area contributed by atoms with E-state index in [-0.39, 0.29) is 0 Å². The van der Waals surface area contributed by atoms with E-state index < -0.39 is 0 Å². The van der Waals surface area contributed by atoms with Crippen LogP contribution in [0.4, 0.5) is 0 Å². The van der Waals surface area contributed by atoms with Gasteiger partial charge in [0.15, 0.2) is 4.77 Å². The monoisotopic (exact) mass is 259 g/mol. The predicted octanol–water partition coefficient (Wildman–Crippen LogP) is 4.01. The van der Waals surface area contributed by atoms with Crippen molar-refractivity contribution in [1.82, 2.24) is 9.55 Å². The number of hydrogen-bond acceptors (Lipinski definition) is 2. The van der Waals surface area contributed by atoms with Gasteiger partial charge in [-0.15, -0.1) is 0 Å². The summed E-state index contributed by atoms with van der Waals surface area (Å²) in [4.78, 5) is 3.14. The maximum atomic E-state index is 9.07. The number of nitrogens with one attached hydrogen (secondary N) is 1. The molecule has 0 atom stereocenters. The molecule has 0 aliphatic rings. The molecule has 1 heterocycles.